The largest absolute Gasteiger partial charge is 0.466 e. The lowest BCUT2D eigenvalue weighted by Crippen LogP contribution is -2.15. The fraction of sp³-hybridized carbons (Fsp3) is 0.850. The summed E-state index contributed by atoms with van der Waals surface area (Å²) < 4.78 is 41.9. The number of esters is 1. The van der Waals surface area contributed by atoms with Crippen LogP contribution in [0.15, 0.2) is 0 Å². The van der Waals surface area contributed by atoms with Crippen molar-refractivity contribution in [2.24, 2.45) is 0 Å². The summed E-state index contributed by atoms with van der Waals surface area (Å²) in [7, 11) is 0. The molecule has 0 aromatic heterocycles. The van der Waals surface area contributed by atoms with E-state index in [0.717, 1.165) is 0 Å². The highest BCUT2D eigenvalue weighted by atomic mass is 16.6. The Morgan fingerprint density at radius 1 is 0.621 bits per heavy atom. The van der Waals surface area contributed by atoms with Crippen molar-refractivity contribution < 1.29 is 42.7 Å². The molecule has 0 fully saturated rings. The van der Waals surface area contributed by atoms with Crippen LogP contribution >= 0.6 is 0 Å². The molecule has 29 heavy (non-hydrogen) atoms. The fourth-order valence-electron chi connectivity index (χ4n) is 1.84. The molecule has 0 saturated carbocycles. The third kappa shape index (κ3) is 24.7. The van der Waals surface area contributed by atoms with E-state index in [4.69, 9.17) is 44.3 Å². The summed E-state index contributed by atoms with van der Waals surface area (Å²) in [5.41, 5.74) is 0. The Labute approximate surface area is 174 Å². The van der Waals surface area contributed by atoms with E-state index in [-0.39, 0.29) is 12.4 Å². The molecule has 0 bridgehead atoms. The highest BCUT2D eigenvalue weighted by molar-refractivity contribution is 5.69. The van der Waals surface area contributed by atoms with Crippen LogP contribution in [0.25, 0.3) is 0 Å². The summed E-state index contributed by atoms with van der Waals surface area (Å²) >= 11 is 0. The van der Waals surface area contributed by atoms with Gasteiger partial charge in [-0.15, -0.1) is 6.42 Å². The Bertz CT molecular complexity index is 385. The second-order valence-electron chi connectivity index (χ2n) is 5.49. The molecule has 0 aliphatic rings. The molecule has 0 N–H and O–H groups in total. The van der Waals surface area contributed by atoms with Crippen LogP contribution in [0, 0.1) is 12.3 Å². The van der Waals surface area contributed by atoms with Crippen LogP contribution < -0.4 is 0 Å². The Hall–Kier alpha value is -1.25. The molecule has 0 heterocycles. The quantitative estimate of drug-likeness (QED) is 0.134. The first-order valence-corrected chi connectivity index (χ1v) is 9.94. The molecule has 0 aliphatic carbocycles. The normalized spacial score (nSPS) is 10.8. The molecule has 0 atom stereocenters. The van der Waals surface area contributed by atoms with E-state index >= 15 is 0 Å². The molecule has 170 valence electrons. The van der Waals surface area contributed by atoms with E-state index < -0.39 is 0 Å². The summed E-state index contributed by atoms with van der Waals surface area (Å²) in [4.78, 5) is 11.1. The van der Waals surface area contributed by atoms with Crippen LogP contribution in [-0.2, 0) is 42.7 Å². The van der Waals surface area contributed by atoms with E-state index in [2.05, 4.69) is 5.92 Å². The lowest BCUT2D eigenvalue weighted by atomic mass is 10.5. The monoisotopic (exact) mass is 420 g/mol. The van der Waals surface area contributed by atoms with Gasteiger partial charge < -0.3 is 37.9 Å². The van der Waals surface area contributed by atoms with E-state index in [1.54, 1.807) is 6.92 Å². The molecule has 9 heteroatoms. The maximum Gasteiger partial charge on any atom is 0.308 e. The molecular weight excluding hydrogens is 384 g/mol. The standard InChI is InChI=1S/C20H36O9/c1-3-6-22-8-10-24-12-14-26-16-18-28-19-17-27-15-13-25-11-9-23-7-5-20(21)29-4-2/h1H,4-19H2,2H3. The van der Waals surface area contributed by atoms with Gasteiger partial charge in [-0.25, -0.2) is 0 Å². The lowest BCUT2D eigenvalue weighted by Gasteiger charge is -2.08. The second-order valence-corrected chi connectivity index (χ2v) is 5.49. The third-order valence-corrected chi connectivity index (χ3v) is 3.17. The minimum atomic E-state index is -0.247. The first kappa shape index (κ1) is 27.8. The Morgan fingerprint density at radius 2 is 0.966 bits per heavy atom. The van der Waals surface area contributed by atoms with Gasteiger partial charge in [0, 0.05) is 0 Å². The summed E-state index contributed by atoms with van der Waals surface area (Å²) in [6.07, 6.45) is 5.31. The van der Waals surface area contributed by atoms with Crippen molar-refractivity contribution in [3.63, 3.8) is 0 Å². The molecule has 0 spiro atoms. The topological polar surface area (TPSA) is 90.9 Å². The molecular formula is C20H36O9. The second kappa shape index (κ2) is 24.8. The van der Waals surface area contributed by atoms with Gasteiger partial charge in [-0.3, -0.25) is 4.79 Å². The molecule has 0 amide bonds. The van der Waals surface area contributed by atoms with Gasteiger partial charge in [-0.05, 0) is 6.92 Å². The number of hydrogen-bond donors (Lipinski definition) is 0. The summed E-state index contributed by atoms with van der Waals surface area (Å²) in [5.74, 6) is 2.14. The minimum Gasteiger partial charge on any atom is -0.466 e. The average molecular weight is 420 g/mol. The molecule has 0 rings (SSSR count). The van der Waals surface area contributed by atoms with E-state index in [0.29, 0.717) is 99.1 Å². The molecule has 0 aliphatic heterocycles. The van der Waals surface area contributed by atoms with Gasteiger partial charge in [-0.1, -0.05) is 5.92 Å². The van der Waals surface area contributed by atoms with Crippen LogP contribution in [0.4, 0.5) is 0 Å². The smallest absolute Gasteiger partial charge is 0.308 e. The molecule has 0 unspecified atom stereocenters. The maximum absolute atomic E-state index is 11.1. The molecule has 0 aromatic rings. The summed E-state index contributed by atoms with van der Waals surface area (Å²) in [6, 6.07) is 0. The fourth-order valence-corrected chi connectivity index (χ4v) is 1.84. The SMILES string of the molecule is C#CCOCCOCCOCCOCCOCCOCCOCCC(=O)OCC. The third-order valence-electron chi connectivity index (χ3n) is 3.17. The van der Waals surface area contributed by atoms with Gasteiger partial charge in [0.25, 0.3) is 0 Å². The van der Waals surface area contributed by atoms with Gasteiger partial charge >= 0.3 is 5.97 Å². The zero-order valence-corrected chi connectivity index (χ0v) is 17.6. The van der Waals surface area contributed by atoms with Crippen molar-refractivity contribution in [2.45, 2.75) is 13.3 Å². The Balaban J connectivity index is 3.03. The number of hydrogen-bond acceptors (Lipinski definition) is 9. The minimum absolute atomic E-state index is 0.247. The highest BCUT2D eigenvalue weighted by Crippen LogP contribution is 1.89. The zero-order valence-electron chi connectivity index (χ0n) is 17.6. The van der Waals surface area contributed by atoms with Crippen molar-refractivity contribution in [1.29, 1.82) is 0 Å². The van der Waals surface area contributed by atoms with Gasteiger partial charge in [0.1, 0.15) is 6.61 Å². The molecule has 0 aromatic carbocycles. The lowest BCUT2D eigenvalue weighted by molar-refractivity contribution is -0.144. The molecule has 0 saturated heterocycles. The van der Waals surface area contributed by atoms with E-state index in [9.17, 15) is 4.79 Å². The predicted octanol–water partition coefficient (Wildman–Crippen LogP) is 0.689. The summed E-state index contributed by atoms with van der Waals surface area (Å²) in [6.45, 7) is 8.73. The highest BCUT2D eigenvalue weighted by Gasteiger charge is 2.00. The van der Waals surface area contributed by atoms with Gasteiger partial charge in [-0.2, -0.15) is 0 Å². The number of carbonyl (C=O) groups excluding carboxylic acids is 1. The van der Waals surface area contributed by atoms with Crippen LogP contribution in [0.5, 0.6) is 0 Å². The molecule has 9 nitrogen and oxygen atoms in total. The van der Waals surface area contributed by atoms with Crippen molar-refractivity contribution in [3.8, 4) is 12.3 Å². The van der Waals surface area contributed by atoms with Crippen LogP contribution in [0.2, 0.25) is 0 Å². The zero-order chi connectivity index (χ0) is 21.3. The van der Waals surface area contributed by atoms with Crippen molar-refractivity contribution in [1.82, 2.24) is 0 Å². The van der Waals surface area contributed by atoms with Gasteiger partial charge in [0.15, 0.2) is 0 Å². The first-order valence-electron chi connectivity index (χ1n) is 9.94. The maximum atomic E-state index is 11.1. The van der Waals surface area contributed by atoms with E-state index in [1.807, 2.05) is 0 Å². The van der Waals surface area contributed by atoms with Gasteiger partial charge in [0.05, 0.1) is 98.9 Å². The average Bonchev–Trinajstić information content (AvgIpc) is 2.72. The predicted molar refractivity (Wildman–Crippen MR) is 106 cm³/mol. The Kier molecular flexibility index (Phi) is 23.7. The van der Waals surface area contributed by atoms with Crippen LogP contribution in [0.1, 0.15) is 13.3 Å². The van der Waals surface area contributed by atoms with Crippen molar-refractivity contribution in [2.75, 3.05) is 99.1 Å². The van der Waals surface area contributed by atoms with Gasteiger partial charge in [0.2, 0.25) is 0 Å². The number of rotatable bonds is 23. The number of carbonyl (C=O) groups is 1. The van der Waals surface area contributed by atoms with Crippen molar-refractivity contribution in [3.05, 3.63) is 0 Å². The molecule has 0 radical (unpaired) electrons. The first-order chi connectivity index (χ1) is 14.3. The van der Waals surface area contributed by atoms with Crippen LogP contribution in [0.3, 0.4) is 0 Å². The Morgan fingerprint density at radius 3 is 1.31 bits per heavy atom. The van der Waals surface area contributed by atoms with Crippen molar-refractivity contribution >= 4 is 5.97 Å². The van der Waals surface area contributed by atoms with E-state index in [1.165, 1.54) is 0 Å². The van der Waals surface area contributed by atoms with Crippen LogP contribution in [-0.4, -0.2) is 105 Å². The summed E-state index contributed by atoms with van der Waals surface area (Å²) in [5, 5.41) is 0. The number of ether oxygens (including phenoxy) is 8. The number of terminal acetylenes is 1.